The van der Waals surface area contributed by atoms with Crippen LogP contribution in [0.15, 0.2) is 0 Å². The molecule has 1 rings (SSSR count). The van der Waals surface area contributed by atoms with Crippen molar-refractivity contribution in [2.45, 2.75) is 50.5 Å². The quantitative estimate of drug-likeness (QED) is 0.216. The van der Waals surface area contributed by atoms with Crippen molar-refractivity contribution < 1.29 is 34.8 Å². The summed E-state index contributed by atoms with van der Waals surface area (Å²) in [5.74, 6) is -1.59. The molecule has 0 bridgehead atoms. The first-order chi connectivity index (χ1) is 9.29. The summed E-state index contributed by atoms with van der Waals surface area (Å²) in [4.78, 5) is 22.3. The Morgan fingerprint density at radius 1 is 1.25 bits per heavy atom. The molecule has 1 fully saturated rings. The van der Waals surface area contributed by atoms with Crippen molar-refractivity contribution in [3.63, 3.8) is 0 Å². The second-order valence-electron chi connectivity index (χ2n) is 4.68. The number of ketones is 2. The zero-order chi connectivity index (χ0) is 15.4. The van der Waals surface area contributed by atoms with E-state index in [4.69, 9.17) is 9.84 Å². The maximum Gasteiger partial charge on any atom is 0.218 e. The van der Waals surface area contributed by atoms with Crippen LogP contribution in [0.3, 0.4) is 0 Å². The van der Waals surface area contributed by atoms with Gasteiger partial charge in [-0.1, -0.05) is 0 Å². The first-order valence-corrected chi connectivity index (χ1v) is 6.16. The third kappa shape index (κ3) is 3.79. The fourth-order valence-corrected chi connectivity index (χ4v) is 1.84. The molecule has 9 nitrogen and oxygen atoms in total. The van der Waals surface area contributed by atoms with E-state index in [0.717, 1.165) is 6.92 Å². The Morgan fingerprint density at radius 2 is 1.85 bits per heavy atom. The summed E-state index contributed by atoms with van der Waals surface area (Å²) in [7, 11) is 0. The molecule has 0 saturated carbocycles. The van der Waals surface area contributed by atoms with Crippen molar-refractivity contribution in [2.75, 3.05) is 6.61 Å². The topological polar surface area (TPSA) is 148 Å². The van der Waals surface area contributed by atoms with Crippen molar-refractivity contribution in [1.29, 1.82) is 0 Å². The van der Waals surface area contributed by atoms with Gasteiger partial charge in [0.15, 0.2) is 12.1 Å². The van der Waals surface area contributed by atoms with Crippen LogP contribution in [-0.4, -0.2) is 75.3 Å². The number of carbonyl (C=O) groups excluding carboxylic acids is 2. The molecule has 6 N–H and O–H groups in total. The van der Waals surface area contributed by atoms with Gasteiger partial charge in [0, 0.05) is 6.92 Å². The molecule has 9 heteroatoms. The van der Waals surface area contributed by atoms with Gasteiger partial charge in [-0.2, -0.15) is 0 Å². The fourth-order valence-electron chi connectivity index (χ4n) is 1.84. The molecule has 1 saturated heterocycles. The predicted molar refractivity (Wildman–Crippen MR) is 65.2 cm³/mol. The lowest BCUT2D eigenvalue weighted by atomic mass is 9.98. The minimum Gasteiger partial charge on any atom is -0.394 e. The summed E-state index contributed by atoms with van der Waals surface area (Å²) in [5.41, 5.74) is 4.73. The number of hydrogen-bond acceptors (Lipinski definition) is 9. The van der Waals surface area contributed by atoms with E-state index in [1.165, 1.54) is 6.92 Å². The lowest BCUT2D eigenvalue weighted by molar-refractivity contribution is -0.245. The highest BCUT2D eigenvalue weighted by atomic mass is 16.6. The largest absolute Gasteiger partial charge is 0.394 e. The average molecular weight is 292 g/mol. The van der Waals surface area contributed by atoms with Crippen LogP contribution in [0.2, 0.25) is 0 Å². The number of hydrogen-bond donors (Lipinski definition) is 6. The number of aliphatic hydroxyl groups excluding tert-OH is 4. The SMILES string of the molecule is CC(=O)C(=O)[C@H](CO)NN[C@H]1C(O)O[C@H](C)[C@@H](O)[C@@H]1O. The molecule has 20 heavy (non-hydrogen) atoms. The van der Waals surface area contributed by atoms with E-state index in [1.807, 2.05) is 0 Å². The first kappa shape index (κ1) is 17.1. The summed E-state index contributed by atoms with van der Waals surface area (Å²) in [6, 6.07) is -2.35. The van der Waals surface area contributed by atoms with E-state index in [2.05, 4.69) is 10.9 Å². The lowest BCUT2D eigenvalue weighted by Gasteiger charge is -2.40. The Morgan fingerprint density at radius 3 is 2.35 bits per heavy atom. The van der Waals surface area contributed by atoms with Crippen LogP contribution < -0.4 is 10.9 Å². The number of hydrazine groups is 1. The zero-order valence-corrected chi connectivity index (χ0v) is 11.2. The van der Waals surface area contributed by atoms with Gasteiger partial charge in [0.25, 0.3) is 0 Å². The average Bonchev–Trinajstić information content (AvgIpc) is 2.39. The molecule has 1 unspecified atom stereocenters. The third-order valence-corrected chi connectivity index (χ3v) is 3.13. The fraction of sp³-hybridized carbons (Fsp3) is 0.818. The van der Waals surface area contributed by atoms with Gasteiger partial charge in [-0.25, -0.2) is 10.9 Å². The second-order valence-corrected chi connectivity index (χ2v) is 4.68. The molecule has 6 atom stereocenters. The maximum atomic E-state index is 11.4. The standard InChI is InChI=1S/C11H20N2O7/c1-4(15)8(16)6(3-14)12-13-7-10(18)9(17)5(2)20-11(7)19/h5-7,9-14,17-19H,3H2,1-2H3/t5-,6+,7-,9-,10-,11?/m1/s1. The molecule has 1 aliphatic heterocycles. The first-order valence-electron chi connectivity index (χ1n) is 6.16. The second kappa shape index (κ2) is 7.18. The van der Waals surface area contributed by atoms with Crippen LogP contribution in [0.4, 0.5) is 0 Å². The van der Waals surface area contributed by atoms with Crippen molar-refractivity contribution >= 4 is 11.6 Å². The number of nitrogens with one attached hydrogen (secondary N) is 2. The minimum atomic E-state index is -1.43. The van der Waals surface area contributed by atoms with E-state index >= 15 is 0 Å². The van der Waals surface area contributed by atoms with Gasteiger partial charge < -0.3 is 25.2 Å². The van der Waals surface area contributed by atoms with E-state index in [-0.39, 0.29) is 0 Å². The van der Waals surface area contributed by atoms with Gasteiger partial charge in [-0.3, -0.25) is 9.59 Å². The number of rotatable bonds is 6. The molecular weight excluding hydrogens is 272 g/mol. The normalized spacial score (nSPS) is 35.6. The Labute approximate surface area is 115 Å². The van der Waals surface area contributed by atoms with E-state index in [9.17, 15) is 24.9 Å². The van der Waals surface area contributed by atoms with Crippen LogP contribution in [0.1, 0.15) is 13.8 Å². The predicted octanol–water partition coefficient (Wildman–Crippen LogP) is -3.57. The van der Waals surface area contributed by atoms with Crippen LogP contribution >= 0.6 is 0 Å². The highest BCUT2D eigenvalue weighted by Crippen LogP contribution is 2.18. The number of Topliss-reactive ketones (excluding diaryl/α,β-unsaturated/α-hetero) is 2. The van der Waals surface area contributed by atoms with Gasteiger partial charge in [0.1, 0.15) is 24.3 Å². The van der Waals surface area contributed by atoms with Crippen LogP contribution in [0.5, 0.6) is 0 Å². The van der Waals surface area contributed by atoms with Crippen molar-refractivity contribution in [1.82, 2.24) is 10.9 Å². The number of aliphatic hydroxyl groups is 4. The zero-order valence-electron chi connectivity index (χ0n) is 11.2. The molecule has 0 aromatic carbocycles. The molecule has 1 aliphatic rings. The van der Waals surface area contributed by atoms with Crippen molar-refractivity contribution in [3.05, 3.63) is 0 Å². The van der Waals surface area contributed by atoms with Crippen LogP contribution in [0.25, 0.3) is 0 Å². The van der Waals surface area contributed by atoms with Crippen LogP contribution in [-0.2, 0) is 14.3 Å². The van der Waals surface area contributed by atoms with Gasteiger partial charge in [0.05, 0.1) is 12.7 Å². The molecule has 116 valence electrons. The highest BCUT2D eigenvalue weighted by molar-refractivity contribution is 6.38. The van der Waals surface area contributed by atoms with Crippen molar-refractivity contribution in [3.8, 4) is 0 Å². The summed E-state index contributed by atoms with van der Waals surface area (Å²) in [6.45, 7) is 1.90. The monoisotopic (exact) mass is 292 g/mol. The van der Waals surface area contributed by atoms with Gasteiger partial charge in [-0.05, 0) is 6.92 Å². The molecule has 0 aliphatic carbocycles. The van der Waals surface area contributed by atoms with Crippen LogP contribution in [0, 0.1) is 0 Å². The summed E-state index contributed by atoms with van der Waals surface area (Å²) in [6.07, 6.45) is -4.77. The maximum absolute atomic E-state index is 11.4. The smallest absolute Gasteiger partial charge is 0.218 e. The Hall–Kier alpha value is -0.940. The summed E-state index contributed by atoms with van der Waals surface area (Å²) >= 11 is 0. The molecule has 0 aromatic heterocycles. The molecule has 0 amide bonds. The van der Waals surface area contributed by atoms with E-state index in [1.54, 1.807) is 0 Å². The van der Waals surface area contributed by atoms with E-state index < -0.39 is 54.9 Å². The highest BCUT2D eigenvalue weighted by Gasteiger charge is 2.42. The number of ether oxygens (including phenoxy) is 1. The third-order valence-electron chi connectivity index (χ3n) is 3.13. The molecule has 0 radical (unpaired) electrons. The Bertz CT molecular complexity index is 365. The minimum absolute atomic E-state index is 0.649. The summed E-state index contributed by atoms with van der Waals surface area (Å²) in [5, 5.41) is 38.1. The van der Waals surface area contributed by atoms with Gasteiger partial charge in [0.2, 0.25) is 5.78 Å². The molecule has 0 spiro atoms. The number of carbonyl (C=O) groups is 2. The van der Waals surface area contributed by atoms with Crippen molar-refractivity contribution in [2.24, 2.45) is 0 Å². The Kier molecular flexibility index (Phi) is 6.14. The van der Waals surface area contributed by atoms with Gasteiger partial charge in [-0.15, -0.1) is 0 Å². The molecule has 1 heterocycles. The Balaban J connectivity index is 2.63. The van der Waals surface area contributed by atoms with E-state index in [0.29, 0.717) is 0 Å². The lowest BCUT2D eigenvalue weighted by Crippen LogP contribution is -2.66. The molecule has 0 aromatic rings. The molecular formula is C11H20N2O7. The summed E-state index contributed by atoms with van der Waals surface area (Å²) < 4.78 is 4.98. The van der Waals surface area contributed by atoms with Gasteiger partial charge >= 0.3 is 0 Å².